The fourth-order valence-corrected chi connectivity index (χ4v) is 4.09. The number of para-hydroxylation sites is 2. The van der Waals surface area contributed by atoms with E-state index >= 15 is 0 Å². The molecule has 1 fully saturated rings. The average Bonchev–Trinajstić information content (AvgIpc) is 3.06. The number of rotatable bonds is 5. The van der Waals surface area contributed by atoms with Gasteiger partial charge < -0.3 is 9.64 Å². The lowest BCUT2D eigenvalue weighted by Gasteiger charge is -2.39. The Morgan fingerprint density at radius 2 is 1.77 bits per heavy atom. The van der Waals surface area contributed by atoms with Crippen molar-refractivity contribution < 1.29 is 9.53 Å². The number of hydrogen-bond donors (Lipinski definition) is 0. The van der Waals surface area contributed by atoms with Gasteiger partial charge in [-0.1, -0.05) is 42.5 Å². The molecule has 6 nitrogen and oxygen atoms in total. The quantitative estimate of drug-likeness (QED) is 0.652. The maximum absolute atomic E-state index is 13.2. The molecule has 0 radical (unpaired) electrons. The first-order valence-electron chi connectivity index (χ1n) is 10.3. The minimum absolute atomic E-state index is 0.0913. The smallest absolute Gasteiger partial charge is 0.244 e. The largest absolute Gasteiger partial charge is 0.495 e. The number of hydrogen-bond acceptors (Lipinski definition) is 4. The Morgan fingerprint density at radius 3 is 2.50 bits per heavy atom. The van der Waals surface area contributed by atoms with E-state index in [1.165, 1.54) is 5.56 Å². The second-order valence-electron chi connectivity index (χ2n) is 7.71. The first-order valence-corrected chi connectivity index (χ1v) is 10.3. The van der Waals surface area contributed by atoms with Crippen LogP contribution in [-0.2, 0) is 18.4 Å². The van der Waals surface area contributed by atoms with Gasteiger partial charge in [0.1, 0.15) is 5.75 Å². The Kier molecular flexibility index (Phi) is 5.59. The molecule has 1 atom stereocenters. The highest BCUT2D eigenvalue weighted by Crippen LogP contribution is 2.32. The molecule has 6 heteroatoms. The molecule has 2 heterocycles. The van der Waals surface area contributed by atoms with Crippen molar-refractivity contribution >= 4 is 11.6 Å². The average molecular weight is 405 g/mol. The van der Waals surface area contributed by atoms with E-state index in [2.05, 4.69) is 24.0 Å². The Balaban J connectivity index is 1.59. The maximum Gasteiger partial charge on any atom is 0.244 e. The predicted octanol–water partition coefficient (Wildman–Crippen LogP) is 3.64. The van der Waals surface area contributed by atoms with Crippen LogP contribution in [0.15, 0.2) is 54.6 Å². The monoisotopic (exact) mass is 404 g/mol. The van der Waals surface area contributed by atoms with E-state index in [0.717, 1.165) is 34.9 Å². The summed E-state index contributed by atoms with van der Waals surface area (Å²) >= 11 is 0. The highest BCUT2D eigenvalue weighted by atomic mass is 16.5. The van der Waals surface area contributed by atoms with Crippen molar-refractivity contribution in [3.8, 4) is 17.0 Å². The van der Waals surface area contributed by atoms with E-state index in [-0.39, 0.29) is 11.9 Å². The Morgan fingerprint density at radius 1 is 1.07 bits per heavy atom. The number of anilines is 1. The zero-order chi connectivity index (χ0) is 21.3. The van der Waals surface area contributed by atoms with Crippen molar-refractivity contribution in [1.29, 1.82) is 0 Å². The number of nitrogens with zero attached hydrogens (tertiary/aromatic N) is 4. The SMILES string of the molecule is COc1ccccc1N1CCN(Cc2c(-c3ccccc3)nn(C)c2C)[C@@H](C)C1=O. The summed E-state index contributed by atoms with van der Waals surface area (Å²) < 4.78 is 7.40. The van der Waals surface area contributed by atoms with E-state index < -0.39 is 0 Å². The van der Waals surface area contributed by atoms with E-state index in [9.17, 15) is 4.79 Å². The lowest BCUT2D eigenvalue weighted by molar-refractivity contribution is -0.125. The molecule has 1 aliphatic rings. The van der Waals surface area contributed by atoms with Gasteiger partial charge in [0.25, 0.3) is 0 Å². The summed E-state index contributed by atoms with van der Waals surface area (Å²) in [5, 5.41) is 4.75. The van der Waals surface area contributed by atoms with Gasteiger partial charge in [0, 0.05) is 43.5 Å². The van der Waals surface area contributed by atoms with Crippen LogP contribution in [0.3, 0.4) is 0 Å². The van der Waals surface area contributed by atoms with Crippen molar-refractivity contribution in [3.63, 3.8) is 0 Å². The molecular weight excluding hydrogens is 376 g/mol. The van der Waals surface area contributed by atoms with E-state index in [1.807, 2.05) is 66.0 Å². The summed E-state index contributed by atoms with van der Waals surface area (Å²) in [5.41, 5.74) is 5.22. The normalized spacial score (nSPS) is 17.4. The van der Waals surface area contributed by atoms with Crippen molar-refractivity contribution in [2.75, 3.05) is 25.1 Å². The van der Waals surface area contributed by atoms with Crippen molar-refractivity contribution in [3.05, 3.63) is 65.9 Å². The molecule has 30 heavy (non-hydrogen) atoms. The van der Waals surface area contributed by atoms with Crippen LogP contribution in [-0.4, -0.2) is 46.8 Å². The van der Waals surface area contributed by atoms with Crippen molar-refractivity contribution in [1.82, 2.24) is 14.7 Å². The van der Waals surface area contributed by atoms with E-state index in [1.54, 1.807) is 7.11 Å². The zero-order valence-electron chi connectivity index (χ0n) is 18.0. The standard InChI is InChI=1S/C24H28N4O2/c1-17-20(23(25-26(17)3)19-10-6-5-7-11-19)16-27-14-15-28(24(29)18(27)2)21-12-8-9-13-22(21)30-4/h5-13,18H,14-16H2,1-4H3/t18-/m0/s1. The van der Waals surface area contributed by atoms with Crippen LogP contribution >= 0.6 is 0 Å². The fourth-order valence-electron chi connectivity index (χ4n) is 4.09. The summed E-state index contributed by atoms with van der Waals surface area (Å²) in [5.74, 6) is 0.814. The number of ether oxygens (including phenoxy) is 1. The molecule has 2 aromatic carbocycles. The molecule has 0 N–H and O–H groups in total. The number of amides is 1. The number of aryl methyl sites for hydroxylation is 1. The van der Waals surface area contributed by atoms with Gasteiger partial charge in [0.05, 0.1) is 24.5 Å². The minimum Gasteiger partial charge on any atom is -0.495 e. The molecule has 1 amide bonds. The van der Waals surface area contributed by atoms with Crippen molar-refractivity contribution in [2.24, 2.45) is 7.05 Å². The number of piperazine rings is 1. The van der Waals surface area contributed by atoms with Gasteiger partial charge in [-0.3, -0.25) is 14.4 Å². The van der Waals surface area contributed by atoms with E-state index in [4.69, 9.17) is 9.84 Å². The van der Waals surface area contributed by atoms with Crippen LogP contribution in [0.1, 0.15) is 18.2 Å². The molecule has 1 aliphatic heterocycles. The second-order valence-corrected chi connectivity index (χ2v) is 7.71. The number of methoxy groups -OCH3 is 1. The van der Waals surface area contributed by atoms with Gasteiger partial charge in [-0.05, 0) is 26.0 Å². The van der Waals surface area contributed by atoms with E-state index in [0.29, 0.717) is 13.1 Å². The highest BCUT2D eigenvalue weighted by Gasteiger charge is 2.34. The summed E-state index contributed by atoms with van der Waals surface area (Å²) in [4.78, 5) is 17.3. The molecule has 0 unspecified atom stereocenters. The first-order chi connectivity index (χ1) is 14.5. The van der Waals surface area contributed by atoms with Crippen LogP contribution in [0.5, 0.6) is 5.75 Å². The fraction of sp³-hybridized carbons (Fsp3) is 0.333. The number of aromatic nitrogens is 2. The molecule has 3 aromatic rings. The van der Waals surface area contributed by atoms with Crippen LogP contribution in [0.2, 0.25) is 0 Å². The minimum atomic E-state index is -0.230. The molecule has 156 valence electrons. The molecule has 1 saturated heterocycles. The third-order valence-corrected chi connectivity index (χ3v) is 6.02. The molecule has 0 aliphatic carbocycles. The maximum atomic E-state index is 13.2. The van der Waals surface area contributed by atoms with Gasteiger partial charge >= 0.3 is 0 Å². The second kappa shape index (κ2) is 8.32. The molecular formula is C24H28N4O2. The van der Waals surface area contributed by atoms with Crippen LogP contribution < -0.4 is 9.64 Å². The lowest BCUT2D eigenvalue weighted by atomic mass is 10.0. The Hall–Kier alpha value is -3.12. The third kappa shape index (κ3) is 3.59. The molecule has 4 rings (SSSR count). The molecule has 0 saturated carbocycles. The van der Waals surface area contributed by atoms with Crippen LogP contribution in [0, 0.1) is 6.92 Å². The van der Waals surface area contributed by atoms with Gasteiger partial charge in [-0.2, -0.15) is 5.10 Å². The highest BCUT2D eigenvalue weighted by molar-refractivity contribution is 5.99. The lowest BCUT2D eigenvalue weighted by Crippen LogP contribution is -2.55. The third-order valence-electron chi connectivity index (χ3n) is 6.02. The van der Waals surface area contributed by atoms with Crippen molar-refractivity contribution in [2.45, 2.75) is 26.4 Å². The summed E-state index contributed by atoms with van der Waals surface area (Å²) in [7, 11) is 3.61. The van der Waals surface area contributed by atoms with Crippen LogP contribution in [0.25, 0.3) is 11.3 Å². The summed E-state index contributed by atoms with van der Waals surface area (Å²) in [6.45, 7) is 6.18. The van der Waals surface area contributed by atoms with Gasteiger partial charge in [0.15, 0.2) is 0 Å². The Labute approximate surface area is 177 Å². The van der Waals surface area contributed by atoms with Crippen LogP contribution in [0.4, 0.5) is 5.69 Å². The Bertz CT molecular complexity index is 1040. The zero-order valence-corrected chi connectivity index (χ0v) is 18.0. The predicted molar refractivity (Wildman–Crippen MR) is 119 cm³/mol. The number of carbonyl (C=O) groups excluding carboxylic acids is 1. The summed E-state index contributed by atoms with van der Waals surface area (Å²) in [6, 6.07) is 17.7. The number of carbonyl (C=O) groups is 1. The molecule has 0 bridgehead atoms. The van der Waals surface area contributed by atoms with Gasteiger partial charge in [0.2, 0.25) is 5.91 Å². The molecule has 1 aromatic heterocycles. The van der Waals surface area contributed by atoms with Gasteiger partial charge in [-0.25, -0.2) is 0 Å². The summed E-state index contributed by atoms with van der Waals surface area (Å²) in [6.07, 6.45) is 0. The first kappa shape index (κ1) is 20.2. The van der Waals surface area contributed by atoms with Gasteiger partial charge in [-0.15, -0.1) is 0 Å². The topological polar surface area (TPSA) is 50.6 Å². The molecule has 0 spiro atoms. The number of benzene rings is 2.